The molecule has 0 unspecified atom stereocenters. The number of imidazole rings is 1. The van der Waals surface area contributed by atoms with Crippen molar-refractivity contribution in [2.45, 2.75) is 257 Å². The van der Waals surface area contributed by atoms with E-state index in [1.165, 1.54) is 57.6 Å². The standard InChI is InChI=1S/C86H117N17O27.C2H4O2/c1-11-44(7)71(84(127)100-63(86(129)130)35-50-39-88-54-21-17-16-20-53(50)54)103-85(128)72(45(8)12-2)102-82(125)62(38-69(114)115)98-78(121)57(32-42(3)4)96-80(123)60(36-51-40-87-41-89-51)95-73(116)46(9)91-77(120)58(33-48-18-14-13-15-19-48)97-79(122)59(34-49-22-24-52(104)25-23-49)99-83(126)70(43(5)6)101-74(117)47(10)90-75(118)55(26-29-65(106)107)93-76(119)56(27-30-66(108)109)94-81(124)61(37-68(112)113)92-64(105)28-31-67(110)111;1-2(3)4/h13-25,39-47,55-63,70-72,88,104H,11-12,26-38H2,1-10H3,(H,87,89)(H,90,118)(H,91,120)(H,92,105)(H,93,119)(H,94,124)(H,95,116)(H,96,123)(H,97,122)(H,98,121)(H,99,126)(H,100,127)(H,101,117)(H,102,125)(H,103,128)(H,106,107)(H,108,109)(H,110,111)(H,112,113)(H,114,115)(H,129,130);1H3,(H,3,4)/t44-,45-,46-,47-,55-,56-,57-,58-,59-,60-,61-,62-,63-,70-,71-,72-;/m0./s1. The van der Waals surface area contributed by atoms with Gasteiger partial charge in [-0.3, -0.25) is 95.9 Å². The van der Waals surface area contributed by atoms with E-state index in [0.717, 1.165) is 24.8 Å². The number of nitrogens with zero attached hydrogens (tertiary/aromatic N) is 1. The molecule has 46 nitrogen and oxygen atoms in total. The van der Waals surface area contributed by atoms with Crippen molar-refractivity contribution in [2.24, 2.45) is 23.7 Å². The fourth-order valence-electron chi connectivity index (χ4n) is 13.4. The first-order chi connectivity index (χ1) is 63.0. The van der Waals surface area contributed by atoms with Crippen molar-refractivity contribution in [1.82, 2.24) is 89.4 Å². The lowest BCUT2D eigenvalue weighted by atomic mass is 9.94. The fraction of sp³-hybridized carbons (Fsp3) is 0.500. The van der Waals surface area contributed by atoms with Crippen molar-refractivity contribution < 1.29 is 142 Å². The Kier molecular flexibility index (Phi) is 46.0. The topological polar surface area (TPSA) is 733 Å². The van der Waals surface area contributed by atoms with Gasteiger partial charge >= 0.3 is 35.8 Å². The first-order valence-electron chi connectivity index (χ1n) is 43.1. The molecule has 0 aliphatic heterocycles. The number of phenolic OH excluding ortho intramolecular Hbond substituents is 1. The quantitative estimate of drug-likeness (QED) is 0.0227. The lowest BCUT2D eigenvalue weighted by Crippen LogP contribution is -2.62. The van der Waals surface area contributed by atoms with Crippen molar-refractivity contribution in [3.05, 3.63) is 120 Å². The molecule has 3 aromatic carbocycles. The molecule has 5 rings (SSSR count). The Bertz CT molecular complexity index is 4930. The van der Waals surface area contributed by atoms with Gasteiger partial charge in [-0.1, -0.05) is 129 Å². The monoisotopic (exact) mass is 1880 g/mol. The maximum absolute atomic E-state index is 15.0. The van der Waals surface area contributed by atoms with Crippen LogP contribution in [0.15, 0.2) is 97.6 Å². The van der Waals surface area contributed by atoms with Gasteiger partial charge in [0.05, 0.1) is 31.3 Å². The number of aromatic hydroxyl groups is 1. The predicted molar refractivity (Wildman–Crippen MR) is 474 cm³/mol. The van der Waals surface area contributed by atoms with Gasteiger partial charge in [-0.2, -0.15) is 0 Å². The maximum Gasteiger partial charge on any atom is 0.326 e. The molecule has 134 heavy (non-hydrogen) atoms. The minimum atomic E-state index is -1.95. The molecule has 732 valence electrons. The number of hydrogen-bond acceptors (Lipinski definition) is 23. The summed E-state index contributed by atoms with van der Waals surface area (Å²) >= 11 is 0. The molecule has 0 aliphatic carbocycles. The van der Waals surface area contributed by atoms with Crippen LogP contribution >= 0.6 is 0 Å². The predicted octanol–water partition coefficient (Wildman–Crippen LogP) is -0.792. The normalized spacial score (nSPS) is 14.6. The maximum atomic E-state index is 15.0. The summed E-state index contributed by atoms with van der Waals surface area (Å²) in [5.74, 6) is -27.8. The number of fused-ring (bicyclic) bond motifs is 1. The molecule has 16 atom stereocenters. The molecular formula is C88H121N17O29. The van der Waals surface area contributed by atoms with Crippen LogP contribution in [0.2, 0.25) is 0 Å². The van der Waals surface area contributed by atoms with Gasteiger partial charge < -0.3 is 125 Å². The number of aromatic amines is 2. The van der Waals surface area contributed by atoms with Gasteiger partial charge in [-0.05, 0) is 91.7 Å². The second-order valence-corrected chi connectivity index (χ2v) is 32.9. The number of carboxylic acid groups (broad SMARTS) is 7. The first-order valence-corrected chi connectivity index (χ1v) is 43.1. The Labute approximate surface area is 769 Å². The molecule has 0 radical (unpaired) electrons. The number of carbonyl (C=O) groups is 21. The molecule has 0 saturated carbocycles. The van der Waals surface area contributed by atoms with Gasteiger partial charge in [-0.15, -0.1) is 0 Å². The minimum Gasteiger partial charge on any atom is -0.508 e. The fourth-order valence-corrected chi connectivity index (χ4v) is 13.4. The summed E-state index contributed by atoms with van der Waals surface area (Å²) in [7, 11) is 0. The molecule has 2 aromatic heterocycles. The first kappa shape index (κ1) is 111. The number of para-hydroxylation sites is 1. The molecule has 14 amide bonds. The number of aromatic nitrogens is 3. The van der Waals surface area contributed by atoms with Crippen molar-refractivity contribution in [3.8, 4) is 5.75 Å². The smallest absolute Gasteiger partial charge is 0.326 e. The van der Waals surface area contributed by atoms with E-state index >= 15 is 0 Å². The van der Waals surface area contributed by atoms with Crippen molar-refractivity contribution in [1.29, 1.82) is 0 Å². The Morgan fingerprint density at radius 3 is 1.22 bits per heavy atom. The zero-order chi connectivity index (χ0) is 100. The number of nitrogens with one attached hydrogen (secondary N) is 16. The van der Waals surface area contributed by atoms with Gasteiger partial charge in [-0.25, -0.2) is 9.78 Å². The number of amides is 14. The molecule has 24 N–H and O–H groups in total. The van der Waals surface area contributed by atoms with Crippen LogP contribution in [0.25, 0.3) is 10.9 Å². The highest BCUT2D eigenvalue weighted by Gasteiger charge is 2.41. The van der Waals surface area contributed by atoms with Crippen LogP contribution in [0.4, 0.5) is 0 Å². The molecule has 46 heteroatoms. The van der Waals surface area contributed by atoms with E-state index in [4.69, 9.17) is 15.0 Å². The second-order valence-electron chi connectivity index (χ2n) is 32.9. The molecule has 0 bridgehead atoms. The Morgan fingerprint density at radius 1 is 0.358 bits per heavy atom. The Balaban J connectivity index is 0.00000919. The average molecular weight is 1880 g/mol. The van der Waals surface area contributed by atoms with Gasteiger partial charge in [0.25, 0.3) is 5.97 Å². The summed E-state index contributed by atoms with van der Waals surface area (Å²) in [6.07, 6.45) is -3.20. The molecule has 5 aromatic rings. The summed E-state index contributed by atoms with van der Waals surface area (Å²) in [5.41, 5.74) is 2.31. The minimum absolute atomic E-state index is 0.133. The highest BCUT2D eigenvalue weighted by molar-refractivity contribution is 6.02. The summed E-state index contributed by atoms with van der Waals surface area (Å²) < 4.78 is 0. The van der Waals surface area contributed by atoms with Crippen LogP contribution in [-0.2, 0) is 126 Å². The number of hydrogen-bond donors (Lipinski definition) is 24. The number of carboxylic acids is 7. The van der Waals surface area contributed by atoms with E-state index in [2.05, 4.69) is 84.1 Å². The molecule has 0 fully saturated rings. The van der Waals surface area contributed by atoms with Crippen molar-refractivity contribution in [2.75, 3.05) is 0 Å². The van der Waals surface area contributed by atoms with Gasteiger partial charge in [0, 0.05) is 75.2 Å². The van der Waals surface area contributed by atoms with Crippen molar-refractivity contribution in [3.63, 3.8) is 0 Å². The summed E-state index contributed by atoms with van der Waals surface area (Å²) in [6, 6.07) is -2.59. The third kappa shape index (κ3) is 39.0. The average Bonchev–Trinajstić information content (AvgIpc) is 1.31. The largest absolute Gasteiger partial charge is 0.508 e. The number of benzene rings is 3. The van der Waals surface area contributed by atoms with Gasteiger partial charge in [0.2, 0.25) is 82.7 Å². The number of H-pyrrole nitrogens is 2. The van der Waals surface area contributed by atoms with Crippen LogP contribution in [-0.4, -0.2) is 265 Å². The van der Waals surface area contributed by atoms with E-state index < -0.39 is 284 Å². The van der Waals surface area contributed by atoms with Crippen LogP contribution in [0, 0.1) is 23.7 Å². The summed E-state index contributed by atoms with van der Waals surface area (Å²) in [6.45, 7) is 16.4. The van der Waals surface area contributed by atoms with E-state index in [0.29, 0.717) is 23.1 Å². The second kappa shape index (κ2) is 55.3. The molecule has 0 saturated heterocycles. The Morgan fingerprint density at radius 2 is 0.739 bits per heavy atom. The highest BCUT2D eigenvalue weighted by atomic mass is 16.4. The number of aliphatic carboxylic acids is 7. The van der Waals surface area contributed by atoms with E-state index in [1.807, 2.05) is 5.32 Å². The van der Waals surface area contributed by atoms with Gasteiger partial charge in [0.15, 0.2) is 0 Å². The highest BCUT2D eigenvalue weighted by Crippen LogP contribution is 2.22. The third-order valence-corrected chi connectivity index (χ3v) is 21.1. The van der Waals surface area contributed by atoms with Crippen LogP contribution in [0.5, 0.6) is 5.75 Å². The molecule has 0 aliphatic rings. The third-order valence-electron chi connectivity index (χ3n) is 21.1. The molecule has 2 heterocycles. The van der Waals surface area contributed by atoms with Gasteiger partial charge in [0.1, 0.15) is 90.3 Å². The zero-order valence-corrected chi connectivity index (χ0v) is 75.8. The van der Waals surface area contributed by atoms with Crippen molar-refractivity contribution >= 4 is 135 Å². The van der Waals surface area contributed by atoms with E-state index in [1.54, 1.807) is 102 Å². The van der Waals surface area contributed by atoms with Crippen LogP contribution in [0.3, 0.4) is 0 Å². The summed E-state index contributed by atoms with van der Waals surface area (Å²) in [5, 5.41) is 111. The zero-order valence-electron chi connectivity index (χ0n) is 75.8. The number of carbonyl (C=O) groups excluding carboxylic acids is 14. The van der Waals surface area contributed by atoms with Crippen LogP contribution in [0.1, 0.15) is 169 Å². The molecule has 0 spiro atoms. The van der Waals surface area contributed by atoms with E-state index in [-0.39, 0.29) is 50.0 Å². The SMILES string of the molecule is CC(=O)O.CC[C@H](C)[C@H](NC(=O)[C@H](CC(=O)O)NC(=O)[C@H](CC(C)C)NC(=O)[C@H](Cc1c[nH]cn1)NC(=O)[C@H](C)NC(=O)[C@H](Cc1ccccc1)NC(=O)[C@H](Cc1ccc(O)cc1)NC(=O)[C@@H](NC(=O)[C@H](C)NC(=O)[C@H](CCC(=O)O)NC(=O)[C@H](CCC(=O)O)NC(=O)[C@H](CC(=O)O)NC(=O)CCC(=O)O)C(C)C)C(=O)N[C@H](C(=O)N[C@@H](Cc1c[nH]c2ccccc12)C(=O)O)[C@@H](C)CC. The number of rotatable bonds is 56. The number of phenols is 1. The lowest BCUT2D eigenvalue weighted by Gasteiger charge is -2.31. The Hall–Kier alpha value is -14.9. The van der Waals surface area contributed by atoms with E-state index in [9.17, 15) is 127 Å². The molecular weight excluding hydrogens is 1760 g/mol. The summed E-state index contributed by atoms with van der Waals surface area (Å²) in [4.78, 5) is 289. The lowest BCUT2D eigenvalue weighted by molar-refractivity contribution is -0.143. The van der Waals surface area contributed by atoms with Crippen LogP contribution < -0.4 is 74.4 Å².